The van der Waals surface area contributed by atoms with Crippen LogP contribution in [0.4, 0.5) is 21.5 Å². The number of amides is 1. The van der Waals surface area contributed by atoms with Crippen LogP contribution in [-0.2, 0) is 4.74 Å². The molecular formula is C16H15ClFN3O4. The molecule has 0 heterocycles. The van der Waals surface area contributed by atoms with Gasteiger partial charge in [-0.15, -0.1) is 0 Å². The van der Waals surface area contributed by atoms with E-state index in [9.17, 15) is 19.3 Å². The first kappa shape index (κ1) is 18.6. The van der Waals surface area contributed by atoms with E-state index in [1.165, 1.54) is 31.4 Å². The molecule has 7 nitrogen and oxygen atoms in total. The van der Waals surface area contributed by atoms with Gasteiger partial charge in [-0.1, -0.05) is 11.6 Å². The van der Waals surface area contributed by atoms with Gasteiger partial charge in [-0.3, -0.25) is 14.9 Å². The molecule has 0 aromatic heterocycles. The number of rotatable bonds is 7. The van der Waals surface area contributed by atoms with Crippen molar-refractivity contribution in [2.75, 3.05) is 30.9 Å². The van der Waals surface area contributed by atoms with Crippen molar-refractivity contribution in [1.82, 2.24) is 0 Å². The van der Waals surface area contributed by atoms with Crippen molar-refractivity contribution in [3.63, 3.8) is 0 Å². The first-order valence-corrected chi connectivity index (χ1v) is 7.58. The van der Waals surface area contributed by atoms with Crippen LogP contribution in [0.3, 0.4) is 0 Å². The van der Waals surface area contributed by atoms with Gasteiger partial charge < -0.3 is 15.4 Å². The Morgan fingerprint density at radius 1 is 1.28 bits per heavy atom. The van der Waals surface area contributed by atoms with Crippen molar-refractivity contribution in [3.05, 3.63) is 62.9 Å². The van der Waals surface area contributed by atoms with E-state index >= 15 is 0 Å². The summed E-state index contributed by atoms with van der Waals surface area (Å²) < 4.78 is 18.6. The summed E-state index contributed by atoms with van der Waals surface area (Å²) in [5, 5.41) is 16.6. The molecule has 0 saturated heterocycles. The van der Waals surface area contributed by atoms with Crippen LogP contribution in [0, 0.1) is 15.9 Å². The minimum atomic E-state index is -0.701. The number of nitro groups is 1. The minimum absolute atomic E-state index is 0.0262. The van der Waals surface area contributed by atoms with Gasteiger partial charge in [0.2, 0.25) is 0 Å². The van der Waals surface area contributed by atoms with Gasteiger partial charge in [0.05, 0.1) is 17.2 Å². The number of carbonyl (C=O) groups is 1. The number of nitrogens with zero attached hydrogens (tertiary/aromatic N) is 1. The van der Waals surface area contributed by atoms with Crippen molar-refractivity contribution < 1.29 is 18.8 Å². The fraction of sp³-hybridized carbons (Fsp3) is 0.188. The second-order valence-electron chi connectivity index (χ2n) is 4.99. The van der Waals surface area contributed by atoms with Crippen LogP contribution in [0.25, 0.3) is 0 Å². The summed E-state index contributed by atoms with van der Waals surface area (Å²) in [4.78, 5) is 22.8. The Hall–Kier alpha value is -2.71. The number of anilines is 2. The molecule has 0 bridgehead atoms. The Balaban J connectivity index is 2.21. The third-order valence-corrected chi connectivity index (χ3v) is 3.49. The van der Waals surface area contributed by atoms with Crippen LogP contribution in [0.2, 0.25) is 5.02 Å². The Morgan fingerprint density at radius 3 is 2.64 bits per heavy atom. The molecule has 25 heavy (non-hydrogen) atoms. The molecule has 0 aliphatic carbocycles. The lowest BCUT2D eigenvalue weighted by atomic mass is 10.1. The quantitative estimate of drug-likeness (QED) is 0.442. The topological polar surface area (TPSA) is 93.5 Å². The Labute approximate surface area is 147 Å². The molecule has 2 rings (SSSR count). The number of benzene rings is 2. The predicted octanol–water partition coefficient (Wildman–Crippen LogP) is 3.70. The molecule has 0 saturated carbocycles. The van der Waals surface area contributed by atoms with Gasteiger partial charge in [0.25, 0.3) is 11.6 Å². The third kappa shape index (κ3) is 4.88. The highest BCUT2D eigenvalue weighted by molar-refractivity contribution is 6.30. The second-order valence-corrected chi connectivity index (χ2v) is 5.42. The SMILES string of the molecule is COCCNc1ccc(C(=O)Nc2ccc(Cl)cc2F)cc1[N+](=O)[O-]. The molecule has 0 aliphatic heterocycles. The van der Waals surface area contributed by atoms with Crippen LogP contribution in [-0.4, -0.2) is 31.1 Å². The average Bonchev–Trinajstić information content (AvgIpc) is 2.57. The highest BCUT2D eigenvalue weighted by Crippen LogP contribution is 2.26. The van der Waals surface area contributed by atoms with Gasteiger partial charge in [0.1, 0.15) is 11.5 Å². The Bertz CT molecular complexity index is 801. The van der Waals surface area contributed by atoms with Crippen molar-refractivity contribution in [2.24, 2.45) is 0 Å². The fourth-order valence-electron chi connectivity index (χ4n) is 2.05. The number of halogens is 2. The lowest BCUT2D eigenvalue weighted by Gasteiger charge is -2.09. The van der Waals surface area contributed by atoms with Gasteiger partial charge >= 0.3 is 0 Å². The molecule has 0 fully saturated rings. The van der Waals surface area contributed by atoms with E-state index in [-0.39, 0.29) is 27.6 Å². The number of methoxy groups -OCH3 is 1. The standard InChI is InChI=1S/C16H15ClFN3O4/c1-25-7-6-19-14-4-2-10(8-15(14)21(23)24)16(22)20-13-5-3-11(17)9-12(13)18/h2-5,8-9,19H,6-7H2,1H3,(H,20,22). The number of nitro benzene ring substituents is 1. The molecule has 0 radical (unpaired) electrons. The zero-order chi connectivity index (χ0) is 18.4. The Morgan fingerprint density at radius 2 is 2.00 bits per heavy atom. The van der Waals surface area contributed by atoms with E-state index in [4.69, 9.17) is 16.3 Å². The van der Waals surface area contributed by atoms with Crippen molar-refractivity contribution in [2.45, 2.75) is 0 Å². The molecule has 0 aliphatic rings. The Kier molecular flexibility index (Phi) is 6.26. The lowest BCUT2D eigenvalue weighted by molar-refractivity contribution is -0.384. The molecular weight excluding hydrogens is 353 g/mol. The van der Waals surface area contributed by atoms with Gasteiger partial charge in [0, 0.05) is 30.3 Å². The summed E-state index contributed by atoms with van der Waals surface area (Å²) in [5.74, 6) is -1.37. The number of hydrogen-bond acceptors (Lipinski definition) is 5. The first-order chi connectivity index (χ1) is 11.9. The second kappa shape index (κ2) is 8.41. The average molecular weight is 368 g/mol. The molecule has 2 N–H and O–H groups in total. The molecule has 2 aromatic carbocycles. The summed E-state index contributed by atoms with van der Waals surface area (Å²) in [5.41, 5.74) is -0.0469. The van der Waals surface area contributed by atoms with Gasteiger partial charge in [0.15, 0.2) is 0 Å². The number of carbonyl (C=O) groups excluding carboxylic acids is 1. The van der Waals surface area contributed by atoms with E-state index in [1.807, 2.05) is 0 Å². The zero-order valence-corrected chi connectivity index (χ0v) is 14.0. The van der Waals surface area contributed by atoms with E-state index in [0.717, 1.165) is 12.1 Å². The van der Waals surface area contributed by atoms with Gasteiger partial charge in [-0.05, 0) is 30.3 Å². The summed E-state index contributed by atoms with van der Waals surface area (Å²) in [6.45, 7) is 0.744. The molecule has 2 aromatic rings. The number of ether oxygens (including phenoxy) is 1. The van der Waals surface area contributed by atoms with Crippen LogP contribution in [0.15, 0.2) is 36.4 Å². The largest absolute Gasteiger partial charge is 0.383 e. The minimum Gasteiger partial charge on any atom is -0.383 e. The van der Waals surface area contributed by atoms with E-state index in [2.05, 4.69) is 10.6 Å². The summed E-state index contributed by atoms with van der Waals surface area (Å²) >= 11 is 5.65. The van der Waals surface area contributed by atoms with Crippen LogP contribution < -0.4 is 10.6 Å². The van der Waals surface area contributed by atoms with Crippen molar-refractivity contribution >= 4 is 34.6 Å². The van der Waals surface area contributed by atoms with Crippen molar-refractivity contribution in [1.29, 1.82) is 0 Å². The van der Waals surface area contributed by atoms with E-state index < -0.39 is 16.6 Å². The highest BCUT2D eigenvalue weighted by atomic mass is 35.5. The maximum Gasteiger partial charge on any atom is 0.293 e. The summed E-state index contributed by atoms with van der Waals surface area (Å²) in [6.07, 6.45) is 0. The lowest BCUT2D eigenvalue weighted by Crippen LogP contribution is -2.14. The van der Waals surface area contributed by atoms with E-state index in [0.29, 0.717) is 13.2 Å². The maximum atomic E-state index is 13.7. The third-order valence-electron chi connectivity index (χ3n) is 3.26. The molecule has 0 unspecified atom stereocenters. The molecule has 9 heteroatoms. The maximum absolute atomic E-state index is 13.7. The van der Waals surface area contributed by atoms with Gasteiger partial charge in [-0.25, -0.2) is 4.39 Å². The number of nitrogens with one attached hydrogen (secondary N) is 2. The summed E-state index contributed by atoms with van der Waals surface area (Å²) in [7, 11) is 1.51. The number of hydrogen-bond donors (Lipinski definition) is 2. The molecule has 1 amide bonds. The van der Waals surface area contributed by atoms with Crippen molar-refractivity contribution in [3.8, 4) is 0 Å². The monoisotopic (exact) mass is 367 g/mol. The smallest absolute Gasteiger partial charge is 0.293 e. The zero-order valence-electron chi connectivity index (χ0n) is 13.2. The predicted molar refractivity (Wildman–Crippen MR) is 92.8 cm³/mol. The molecule has 0 atom stereocenters. The fourth-order valence-corrected chi connectivity index (χ4v) is 2.21. The normalized spacial score (nSPS) is 10.4. The summed E-state index contributed by atoms with van der Waals surface area (Å²) in [6, 6.07) is 7.74. The molecule has 0 spiro atoms. The van der Waals surface area contributed by atoms with Crippen LogP contribution in [0.1, 0.15) is 10.4 Å². The van der Waals surface area contributed by atoms with Gasteiger partial charge in [-0.2, -0.15) is 0 Å². The molecule has 132 valence electrons. The first-order valence-electron chi connectivity index (χ1n) is 7.20. The van der Waals surface area contributed by atoms with Crippen LogP contribution in [0.5, 0.6) is 0 Å². The van der Waals surface area contributed by atoms with E-state index in [1.54, 1.807) is 0 Å². The van der Waals surface area contributed by atoms with Crippen LogP contribution >= 0.6 is 11.6 Å². The highest BCUT2D eigenvalue weighted by Gasteiger charge is 2.18.